The number of para-hydroxylation sites is 1. The Hall–Kier alpha value is -3.02. The monoisotopic (exact) mass is 384 g/mol. The second kappa shape index (κ2) is 11.0. The molecule has 0 aliphatic heterocycles. The van der Waals surface area contributed by atoms with Gasteiger partial charge in [0.15, 0.2) is 0 Å². The first-order chi connectivity index (χ1) is 13.5. The maximum absolute atomic E-state index is 12.6. The molecule has 0 saturated carbocycles. The highest BCUT2D eigenvalue weighted by atomic mass is 16.5. The van der Waals surface area contributed by atoms with E-state index in [1.165, 1.54) is 0 Å². The molecule has 2 rings (SSSR count). The molecule has 1 atom stereocenters. The summed E-state index contributed by atoms with van der Waals surface area (Å²) < 4.78 is 5.35. The van der Waals surface area contributed by atoms with Gasteiger partial charge in [-0.25, -0.2) is 4.79 Å². The van der Waals surface area contributed by atoms with Crippen LogP contribution in [-0.2, 0) is 17.6 Å². The fourth-order valence-corrected chi connectivity index (χ4v) is 3.01. The van der Waals surface area contributed by atoms with Crippen molar-refractivity contribution < 1.29 is 19.4 Å². The summed E-state index contributed by atoms with van der Waals surface area (Å²) in [6.07, 6.45) is 1.67. The van der Waals surface area contributed by atoms with Gasteiger partial charge in [-0.2, -0.15) is 0 Å². The third kappa shape index (κ3) is 6.95. The van der Waals surface area contributed by atoms with Gasteiger partial charge in [0.05, 0.1) is 7.11 Å². The van der Waals surface area contributed by atoms with Crippen molar-refractivity contribution in [2.24, 2.45) is 0 Å². The van der Waals surface area contributed by atoms with Gasteiger partial charge in [0.1, 0.15) is 5.75 Å². The van der Waals surface area contributed by atoms with Crippen LogP contribution in [0.5, 0.6) is 5.75 Å². The number of amides is 2. The Balaban J connectivity index is 1.93. The van der Waals surface area contributed by atoms with Crippen molar-refractivity contribution in [3.8, 4) is 5.75 Å². The first-order valence-electron chi connectivity index (χ1n) is 9.39. The van der Waals surface area contributed by atoms with Gasteiger partial charge in [0, 0.05) is 26.1 Å². The first-order valence-corrected chi connectivity index (χ1v) is 9.39. The third-order valence-corrected chi connectivity index (χ3v) is 4.61. The van der Waals surface area contributed by atoms with Gasteiger partial charge in [-0.15, -0.1) is 0 Å². The second-order valence-corrected chi connectivity index (χ2v) is 6.75. The van der Waals surface area contributed by atoms with Crippen LogP contribution in [-0.4, -0.2) is 48.8 Å². The Morgan fingerprint density at radius 3 is 2.46 bits per heavy atom. The van der Waals surface area contributed by atoms with Crippen molar-refractivity contribution in [2.45, 2.75) is 31.7 Å². The number of carboxylic acid groups (broad SMARTS) is 1. The molecule has 6 nitrogen and oxygen atoms in total. The number of benzene rings is 2. The largest absolute Gasteiger partial charge is 0.496 e. The highest BCUT2D eigenvalue weighted by Gasteiger charge is 2.17. The highest BCUT2D eigenvalue weighted by Crippen LogP contribution is 2.18. The molecule has 0 spiro atoms. The minimum Gasteiger partial charge on any atom is -0.496 e. The summed E-state index contributed by atoms with van der Waals surface area (Å²) in [5.74, 6) is -0.0587. The molecular formula is C22H28N2O4. The number of carbonyl (C=O) groups excluding carboxylic acids is 1. The summed E-state index contributed by atoms with van der Waals surface area (Å²) in [6.45, 7) is 0.531. The lowest BCUT2D eigenvalue weighted by atomic mass is 10.0. The van der Waals surface area contributed by atoms with Crippen LogP contribution in [0.15, 0.2) is 54.6 Å². The van der Waals surface area contributed by atoms with E-state index in [1.54, 1.807) is 19.1 Å². The van der Waals surface area contributed by atoms with Gasteiger partial charge in [-0.05, 0) is 36.5 Å². The molecule has 0 saturated heterocycles. The molecule has 2 aromatic carbocycles. The van der Waals surface area contributed by atoms with E-state index < -0.39 is 5.97 Å². The number of hydrogen-bond donors (Lipinski definition) is 2. The molecule has 0 aliphatic rings. The number of nitrogens with zero attached hydrogens (tertiary/aromatic N) is 1. The van der Waals surface area contributed by atoms with Gasteiger partial charge in [-0.1, -0.05) is 48.5 Å². The number of carboxylic acids is 1. The lowest BCUT2D eigenvalue weighted by Gasteiger charge is -2.24. The van der Waals surface area contributed by atoms with Crippen molar-refractivity contribution in [1.29, 1.82) is 0 Å². The normalized spacial score (nSPS) is 11.5. The summed E-state index contributed by atoms with van der Waals surface area (Å²) in [5.41, 5.74) is 2.10. The van der Waals surface area contributed by atoms with Gasteiger partial charge in [0.25, 0.3) is 0 Å². The molecule has 0 fully saturated rings. The van der Waals surface area contributed by atoms with Crippen LogP contribution in [0, 0.1) is 0 Å². The predicted molar refractivity (Wildman–Crippen MR) is 109 cm³/mol. The Kier molecular flexibility index (Phi) is 8.34. The zero-order valence-corrected chi connectivity index (χ0v) is 16.4. The Bertz CT molecular complexity index is 764. The van der Waals surface area contributed by atoms with Crippen LogP contribution in [0.4, 0.5) is 4.79 Å². The Morgan fingerprint density at radius 1 is 1.11 bits per heavy atom. The van der Waals surface area contributed by atoms with E-state index in [1.807, 2.05) is 54.6 Å². The first kappa shape index (κ1) is 21.3. The van der Waals surface area contributed by atoms with Crippen LogP contribution in [0.3, 0.4) is 0 Å². The van der Waals surface area contributed by atoms with Gasteiger partial charge >= 0.3 is 12.0 Å². The molecule has 2 N–H and O–H groups in total. The topological polar surface area (TPSA) is 78.9 Å². The summed E-state index contributed by atoms with van der Waals surface area (Å²) in [6, 6.07) is 17.1. The maximum atomic E-state index is 12.6. The minimum atomic E-state index is -0.864. The van der Waals surface area contributed by atoms with E-state index in [0.717, 1.165) is 16.9 Å². The zero-order chi connectivity index (χ0) is 20.4. The van der Waals surface area contributed by atoms with E-state index in [2.05, 4.69) is 5.32 Å². The van der Waals surface area contributed by atoms with E-state index in [-0.39, 0.29) is 18.5 Å². The van der Waals surface area contributed by atoms with Crippen LogP contribution in [0.25, 0.3) is 0 Å². The standard InChI is InChI=1S/C22H28N2O4/c1-24(15-14-18-10-6-7-11-20(18)28-2)22(27)23-19(12-13-21(25)26)16-17-8-4-3-5-9-17/h3-11,19H,12-16H2,1-2H3,(H,23,27)(H,25,26). The molecule has 150 valence electrons. The molecule has 0 aromatic heterocycles. The number of methoxy groups -OCH3 is 1. The van der Waals surface area contributed by atoms with Crippen LogP contribution >= 0.6 is 0 Å². The van der Waals surface area contributed by atoms with Gasteiger partial charge in [-0.3, -0.25) is 4.79 Å². The smallest absolute Gasteiger partial charge is 0.317 e. The number of carbonyl (C=O) groups is 2. The number of rotatable bonds is 10. The maximum Gasteiger partial charge on any atom is 0.317 e. The summed E-state index contributed by atoms with van der Waals surface area (Å²) in [7, 11) is 3.37. The average molecular weight is 384 g/mol. The fraction of sp³-hybridized carbons (Fsp3) is 0.364. The van der Waals surface area contributed by atoms with E-state index in [4.69, 9.17) is 9.84 Å². The van der Waals surface area contributed by atoms with Gasteiger partial charge in [0.2, 0.25) is 0 Å². The molecule has 2 aromatic rings. The van der Waals surface area contributed by atoms with Crippen LogP contribution < -0.4 is 10.1 Å². The molecular weight excluding hydrogens is 356 g/mol. The molecule has 0 heterocycles. The minimum absolute atomic E-state index is 0.0166. The molecule has 0 aliphatic carbocycles. The van der Waals surface area contributed by atoms with Crippen molar-refractivity contribution >= 4 is 12.0 Å². The summed E-state index contributed by atoms with van der Waals surface area (Å²) >= 11 is 0. The zero-order valence-electron chi connectivity index (χ0n) is 16.4. The fourth-order valence-electron chi connectivity index (χ4n) is 3.01. The predicted octanol–water partition coefficient (Wildman–Crippen LogP) is 3.36. The Morgan fingerprint density at radius 2 is 1.79 bits per heavy atom. The Labute approximate surface area is 166 Å². The molecule has 6 heteroatoms. The lowest BCUT2D eigenvalue weighted by Crippen LogP contribution is -2.44. The lowest BCUT2D eigenvalue weighted by molar-refractivity contribution is -0.137. The molecule has 0 bridgehead atoms. The van der Waals surface area contributed by atoms with E-state index >= 15 is 0 Å². The number of likely N-dealkylation sites (N-methyl/N-ethyl adjacent to an activating group) is 1. The van der Waals surface area contributed by atoms with E-state index in [9.17, 15) is 9.59 Å². The molecule has 2 amide bonds. The number of hydrogen-bond acceptors (Lipinski definition) is 3. The van der Waals surface area contributed by atoms with Gasteiger partial charge < -0.3 is 20.1 Å². The van der Waals surface area contributed by atoms with E-state index in [0.29, 0.717) is 25.8 Å². The van der Waals surface area contributed by atoms with Crippen LogP contribution in [0.2, 0.25) is 0 Å². The highest BCUT2D eigenvalue weighted by molar-refractivity contribution is 5.74. The number of ether oxygens (including phenoxy) is 1. The molecule has 0 radical (unpaired) electrons. The number of nitrogens with one attached hydrogen (secondary N) is 1. The molecule has 1 unspecified atom stereocenters. The number of urea groups is 1. The second-order valence-electron chi connectivity index (χ2n) is 6.75. The van der Waals surface area contributed by atoms with Crippen LogP contribution in [0.1, 0.15) is 24.0 Å². The van der Waals surface area contributed by atoms with Crippen molar-refractivity contribution in [3.63, 3.8) is 0 Å². The third-order valence-electron chi connectivity index (χ3n) is 4.61. The number of aliphatic carboxylic acids is 1. The average Bonchev–Trinajstić information content (AvgIpc) is 2.71. The van der Waals surface area contributed by atoms with Crippen molar-refractivity contribution in [3.05, 3.63) is 65.7 Å². The SMILES string of the molecule is COc1ccccc1CCN(C)C(=O)NC(CCC(=O)O)Cc1ccccc1. The quantitative estimate of drug-likeness (QED) is 0.658. The summed E-state index contributed by atoms with van der Waals surface area (Å²) in [5, 5.41) is 12.0. The summed E-state index contributed by atoms with van der Waals surface area (Å²) in [4.78, 5) is 25.2. The van der Waals surface area contributed by atoms with Crippen molar-refractivity contribution in [2.75, 3.05) is 20.7 Å². The van der Waals surface area contributed by atoms with Crippen molar-refractivity contribution in [1.82, 2.24) is 10.2 Å². The molecule has 28 heavy (non-hydrogen) atoms.